The van der Waals surface area contributed by atoms with Gasteiger partial charge in [-0.1, -0.05) is 41.9 Å². The van der Waals surface area contributed by atoms with Gasteiger partial charge in [0.2, 0.25) is 5.95 Å². The summed E-state index contributed by atoms with van der Waals surface area (Å²) in [5.74, 6) is 0.905. The van der Waals surface area contributed by atoms with Crippen molar-refractivity contribution in [1.82, 2.24) is 9.55 Å². The van der Waals surface area contributed by atoms with E-state index in [-0.39, 0.29) is 6.10 Å². The van der Waals surface area contributed by atoms with Crippen molar-refractivity contribution in [1.29, 1.82) is 0 Å². The van der Waals surface area contributed by atoms with Crippen LogP contribution in [0.1, 0.15) is 12.0 Å². The molecule has 1 atom stereocenters. The van der Waals surface area contributed by atoms with Gasteiger partial charge in [0.1, 0.15) is 0 Å². The maximum Gasteiger partial charge on any atom is 0.206 e. The topological polar surface area (TPSA) is 41.3 Å². The van der Waals surface area contributed by atoms with Crippen LogP contribution in [0, 0.1) is 0 Å². The fourth-order valence-electron chi connectivity index (χ4n) is 3.18. The number of aliphatic hydroxyl groups is 1. The SMILES string of the molecule is OC1CCN(c2nc3ccccc3n2Cc2ccccc2Cl)C1. The average Bonchev–Trinajstić information content (AvgIpc) is 3.14. The van der Waals surface area contributed by atoms with Crippen molar-refractivity contribution < 1.29 is 5.11 Å². The Balaban J connectivity index is 1.81. The largest absolute Gasteiger partial charge is 0.391 e. The Hall–Kier alpha value is -2.04. The second-order valence-corrected chi connectivity index (χ2v) is 6.37. The molecule has 0 saturated carbocycles. The van der Waals surface area contributed by atoms with E-state index in [1.807, 2.05) is 42.5 Å². The number of imidazole rings is 1. The highest BCUT2D eigenvalue weighted by molar-refractivity contribution is 6.31. The van der Waals surface area contributed by atoms with E-state index in [2.05, 4.69) is 15.5 Å². The van der Waals surface area contributed by atoms with Crippen LogP contribution in [0.25, 0.3) is 11.0 Å². The smallest absolute Gasteiger partial charge is 0.206 e. The predicted molar refractivity (Wildman–Crippen MR) is 93.1 cm³/mol. The van der Waals surface area contributed by atoms with Crippen molar-refractivity contribution in [2.75, 3.05) is 18.0 Å². The summed E-state index contributed by atoms with van der Waals surface area (Å²) in [5, 5.41) is 10.6. The van der Waals surface area contributed by atoms with Crippen LogP contribution in [0.15, 0.2) is 48.5 Å². The molecule has 118 valence electrons. The Morgan fingerprint density at radius 1 is 1.13 bits per heavy atom. The summed E-state index contributed by atoms with van der Waals surface area (Å²) in [6, 6.07) is 16.0. The molecule has 23 heavy (non-hydrogen) atoms. The first-order chi connectivity index (χ1) is 11.2. The van der Waals surface area contributed by atoms with Gasteiger partial charge in [0.15, 0.2) is 0 Å². The number of fused-ring (bicyclic) bond motifs is 1. The third-order valence-corrected chi connectivity index (χ3v) is 4.74. The number of para-hydroxylation sites is 2. The summed E-state index contributed by atoms with van der Waals surface area (Å²) in [7, 11) is 0. The lowest BCUT2D eigenvalue weighted by atomic mass is 10.2. The Morgan fingerprint density at radius 3 is 2.70 bits per heavy atom. The number of aliphatic hydroxyl groups excluding tert-OH is 1. The molecule has 1 fully saturated rings. The molecule has 3 aromatic rings. The van der Waals surface area contributed by atoms with Gasteiger partial charge in [0.25, 0.3) is 0 Å². The molecule has 0 radical (unpaired) electrons. The van der Waals surface area contributed by atoms with Gasteiger partial charge in [-0.2, -0.15) is 0 Å². The number of β-amino-alcohol motifs (C(OH)–C–C–N with tert-alkyl or cyclic N) is 1. The van der Waals surface area contributed by atoms with Crippen molar-refractivity contribution in [3.05, 3.63) is 59.1 Å². The third-order valence-electron chi connectivity index (χ3n) is 4.37. The summed E-state index contributed by atoms with van der Waals surface area (Å²) < 4.78 is 2.19. The standard InChI is InChI=1S/C18H18ClN3O/c19-15-6-2-1-5-13(15)11-22-17-8-4-3-7-16(17)20-18(22)21-10-9-14(23)12-21/h1-8,14,23H,9-12H2. The van der Waals surface area contributed by atoms with Gasteiger partial charge < -0.3 is 14.6 Å². The number of benzene rings is 2. The van der Waals surface area contributed by atoms with E-state index < -0.39 is 0 Å². The van der Waals surface area contributed by atoms with E-state index in [1.165, 1.54) is 0 Å². The van der Waals surface area contributed by atoms with Crippen LogP contribution >= 0.6 is 11.6 Å². The average molecular weight is 328 g/mol. The van der Waals surface area contributed by atoms with Crippen molar-refractivity contribution in [3.8, 4) is 0 Å². The zero-order valence-corrected chi connectivity index (χ0v) is 13.4. The molecule has 4 nitrogen and oxygen atoms in total. The molecule has 1 saturated heterocycles. The minimum Gasteiger partial charge on any atom is -0.391 e. The zero-order valence-electron chi connectivity index (χ0n) is 12.7. The number of hydrogen-bond acceptors (Lipinski definition) is 3. The Bertz CT molecular complexity index is 845. The van der Waals surface area contributed by atoms with Crippen LogP contribution in [0.3, 0.4) is 0 Å². The monoisotopic (exact) mass is 327 g/mol. The third kappa shape index (κ3) is 2.69. The van der Waals surface area contributed by atoms with E-state index in [0.29, 0.717) is 13.1 Å². The quantitative estimate of drug-likeness (QED) is 0.802. The van der Waals surface area contributed by atoms with E-state index in [9.17, 15) is 5.11 Å². The van der Waals surface area contributed by atoms with E-state index in [4.69, 9.17) is 16.6 Å². The predicted octanol–water partition coefficient (Wildman–Crippen LogP) is 3.31. The number of anilines is 1. The lowest BCUT2D eigenvalue weighted by molar-refractivity contribution is 0.198. The second-order valence-electron chi connectivity index (χ2n) is 5.97. The normalized spacial score (nSPS) is 18.0. The minimum absolute atomic E-state index is 0.274. The second kappa shape index (κ2) is 5.87. The Kier molecular flexibility index (Phi) is 3.71. The molecule has 1 aromatic heterocycles. The van der Waals surface area contributed by atoms with Crippen molar-refractivity contribution in [2.45, 2.75) is 19.1 Å². The Morgan fingerprint density at radius 2 is 1.91 bits per heavy atom. The molecule has 1 aliphatic rings. The van der Waals surface area contributed by atoms with Crippen LogP contribution in [0.2, 0.25) is 5.02 Å². The molecule has 1 unspecified atom stereocenters. The van der Waals surface area contributed by atoms with Crippen molar-refractivity contribution in [2.24, 2.45) is 0 Å². The molecule has 1 aliphatic heterocycles. The number of hydrogen-bond donors (Lipinski definition) is 1. The molecule has 0 bridgehead atoms. The molecule has 0 amide bonds. The molecular formula is C18H18ClN3O. The fourth-order valence-corrected chi connectivity index (χ4v) is 3.38. The lowest BCUT2D eigenvalue weighted by Crippen LogP contribution is -2.25. The van der Waals surface area contributed by atoms with Gasteiger partial charge in [0, 0.05) is 18.1 Å². The number of rotatable bonds is 3. The molecule has 5 heteroatoms. The molecule has 4 rings (SSSR count). The molecule has 0 aliphatic carbocycles. The van der Waals surface area contributed by atoms with Gasteiger partial charge in [-0.05, 0) is 30.2 Å². The highest BCUT2D eigenvalue weighted by atomic mass is 35.5. The summed E-state index contributed by atoms with van der Waals surface area (Å²) in [4.78, 5) is 6.94. The molecule has 2 heterocycles. The Labute approximate surface area is 139 Å². The summed E-state index contributed by atoms with van der Waals surface area (Å²) >= 11 is 6.34. The summed E-state index contributed by atoms with van der Waals surface area (Å²) in [6.45, 7) is 2.13. The molecule has 0 spiro atoms. The van der Waals surface area contributed by atoms with Crippen LogP contribution in [0.5, 0.6) is 0 Å². The van der Waals surface area contributed by atoms with Crippen LogP contribution in [0.4, 0.5) is 5.95 Å². The van der Waals surface area contributed by atoms with Crippen molar-refractivity contribution in [3.63, 3.8) is 0 Å². The maximum atomic E-state index is 9.86. The van der Waals surface area contributed by atoms with Crippen LogP contribution < -0.4 is 4.90 Å². The van der Waals surface area contributed by atoms with E-state index in [1.54, 1.807) is 0 Å². The number of halogens is 1. The molecule has 2 aromatic carbocycles. The fraction of sp³-hybridized carbons (Fsp3) is 0.278. The van der Waals surface area contributed by atoms with Gasteiger partial charge in [0.05, 0.1) is 23.7 Å². The zero-order chi connectivity index (χ0) is 15.8. The summed E-state index contributed by atoms with van der Waals surface area (Å²) in [5.41, 5.74) is 3.12. The molecular weight excluding hydrogens is 310 g/mol. The first-order valence-corrected chi connectivity index (χ1v) is 8.22. The maximum absolute atomic E-state index is 9.86. The van der Waals surface area contributed by atoms with Gasteiger partial charge >= 0.3 is 0 Å². The minimum atomic E-state index is -0.274. The van der Waals surface area contributed by atoms with E-state index >= 15 is 0 Å². The first-order valence-electron chi connectivity index (χ1n) is 7.84. The molecule has 1 N–H and O–H groups in total. The highest BCUT2D eigenvalue weighted by Gasteiger charge is 2.25. The lowest BCUT2D eigenvalue weighted by Gasteiger charge is -2.19. The van der Waals surface area contributed by atoms with Gasteiger partial charge in [-0.15, -0.1) is 0 Å². The highest BCUT2D eigenvalue weighted by Crippen LogP contribution is 2.28. The van der Waals surface area contributed by atoms with Crippen LogP contribution in [-0.2, 0) is 6.54 Å². The van der Waals surface area contributed by atoms with Crippen LogP contribution in [-0.4, -0.2) is 33.9 Å². The van der Waals surface area contributed by atoms with E-state index in [0.717, 1.165) is 40.5 Å². The summed E-state index contributed by atoms with van der Waals surface area (Å²) in [6.07, 6.45) is 0.513. The van der Waals surface area contributed by atoms with Crippen molar-refractivity contribution >= 4 is 28.6 Å². The number of nitrogens with zero attached hydrogens (tertiary/aromatic N) is 3. The van der Waals surface area contributed by atoms with Gasteiger partial charge in [-0.25, -0.2) is 4.98 Å². The van der Waals surface area contributed by atoms with Gasteiger partial charge in [-0.3, -0.25) is 0 Å². The first kappa shape index (κ1) is 14.5. The number of aromatic nitrogens is 2.